The van der Waals surface area contributed by atoms with Gasteiger partial charge in [-0.2, -0.15) is 0 Å². The number of aliphatic hydroxyl groups is 1. The van der Waals surface area contributed by atoms with Crippen LogP contribution in [0.3, 0.4) is 0 Å². The van der Waals surface area contributed by atoms with Gasteiger partial charge in [-0.15, -0.1) is 23.1 Å². The fraction of sp³-hybridized carbons (Fsp3) is 0.438. The van der Waals surface area contributed by atoms with Crippen LogP contribution in [0.1, 0.15) is 24.9 Å². The first-order valence-electron chi connectivity index (χ1n) is 7.46. The number of nitrogens with zero attached hydrogens (tertiary/aromatic N) is 2. The molecule has 3 heterocycles. The van der Waals surface area contributed by atoms with Gasteiger partial charge in [0.25, 0.3) is 0 Å². The molecule has 4 nitrogen and oxygen atoms in total. The molecular formula is C16H21N3OS2. The summed E-state index contributed by atoms with van der Waals surface area (Å²) < 4.78 is 1.43. The lowest BCUT2D eigenvalue weighted by atomic mass is 10.0. The summed E-state index contributed by atoms with van der Waals surface area (Å²) in [7, 11) is 1.96. The average molecular weight is 335 g/mol. The van der Waals surface area contributed by atoms with Crippen molar-refractivity contribution in [2.24, 2.45) is 0 Å². The lowest BCUT2D eigenvalue weighted by Crippen LogP contribution is -2.22. The average Bonchev–Trinajstić information content (AvgIpc) is 2.96. The van der Waals surface area contributed by atoms with Crippen LogP contribution in [-0.4, -0.2) is 35.5 Å². The molecule has 0 saturated heterocycles. The van der Waals surface area contributed by atoms with Crippen molar-refractivity contribution >= 4 is 34.6 Å². The van der Waals surface area contributed by atoms with E-state index < -0.39 is 0 Å². The van der Waals surface area contributed by atoms with Gasteiger partial charge >= 0.3 is 0 Å². The molecule has 2 aromatic heterocycles. The number of pyridine rings is 1. The molecule has 0 amide bonds. The van der Waals surface area contributed by atoms with Crippen LogP contribution in [0.5, 0.6) is 0 Å². The standard InChI is InChI=1S/C16H21N3OS2/c1-11-9-14(13-5-8-21-16(13)22-11)18-15-4-3-12(10-17-15)19(2)6-7-20/h3-5,8,10-11,14,20H,6-7,9H2,1-2H3,(H,17,18)/t11-,14?/m0/s1. The highest BCUT2D eigenvalue weighted by Crippen LogP contribution is 2.44. The van der Waals surface area contributed by atoms with E-state index in [-0.39, 0.29) is 6.61 Å². The number of hydrogen-bond donors (Lipinski definition) is 2. The Hall–Kier alpha value is -1.24. The Balaban J connectivity index is 1.72. The van der Waals surface area contributed by atoms with Gasteiger partial charge in [0.15, 0.2) is 0 Å². The highest BCUT2D eigenvalue weighted by atomic mass is 32.2. The SMILES string of the molecule is C[C@H]1CC(Nc2ccc(N(C)CCO)cn2)c2ccsc2S1. The van der Waals surface area contributed by atoms with Gasteiger partial charge in [-0.3, -0.25) is 0 Å². The molecule has 0 aromatic carbocycles. The van der Waals surface area contributed by atoms with E-state index in [4.69, 9.17) is 5.11 Å². The van der Waals surface area contributed by atoms with Crippen LogP contribution in [-0.2, 0) is 0 Å². The summed E-state index contributed by atoms with van der Waals surface area (Å²) in [4.78, 5) is 6.51. The predicted molar refractivity (Wildman–Crippen MR) is 95.2 cm³/mol. The number of rotatable bonds is 5. The van der Waals surface area contributed by atoms with E-state index in [1.165, 1.54) is 9.77 Å². The normalized spacial score (nSPS) is 20.5. The number of aliphatic hydroxyl groups excluding tert-OH is 1. The second kappa shape index (κ2) is 6.89. The van der Waals surface area contributed by atoms with Crippen LogP contribution in [0.25, 0.3) is 0 Å². The van der Waals surface area contributed by atoms with E-state index in [0.29, 0.717) is 17.8 Å². The minimum absolute atomic E-state index is 0.148. The zero-order chi connectivity index (χ0) is 15.5. The van der Waals surface area contributed by atoms with Gasteiger partial charge < -0.3 is 15.3 Å². The number of likely N-dealkylation sites (N-methyl/N-ethyl adjacent to an activating group) is 1. The van der Waals surface area contributed by atoms with Gasteiger partial charge in [-0.25, -0.2) is 4.98 Å². The Morgan fingerprint density at radius 3 is 3.00 bits per heavy atom. The van der Waals surface area contributed by atoms with Crippen molar-refractivity contribution in [3.63, 3.8) is 0 Å². The van der Waals surface area contributed by atoms with Crippen LogP contribution < -0.4 is 10.2 Å². The zero-order valence-corrected chi connectivity index (χ0v) is 14.5. The molecule has 2 atom stereocenters. The third-order valence-corrected chi connectivity index (χ3v) is 6.20. The van der Waals surface area contributed by atoms with E-state index in [2.05, 4.69) is 28.7 Å². The van der Waals surface area contributed by atoms with Gasteiger partial charge in [0.1, 0.15) is 5.82 Å². The third-order valence-electron chi connectivity index (χ3n) is 3.86. The maximum Gasteiger partial charge on any atom is 0.126 e. The van der Waals surface area contributed by atoms with E-state index in [1.54, 1.807) is 0 Å². The van der Waals surface area contributed by atoms with Crippen molar-refractivity contribution in [1.82, 2.24) is 4.98 Å². The van der Waals surface area contributed by atoms with Crippen molar-refractivity contribution < 1.29 is 5.11 Å². The zero-order valence-electron chi connectivity index (χ0n) is 12.8. The van der Waals surface area contributed by atoms with E-state index >= 15 is 0 Å². The van der Waals surface area contributed by atoms with Crippen LogP contribution in [0.4, 0.5) is 11.5 Å². The summed E-state index contributed by atoms with van der Waals surface area (Å²) in [5, 5.41) is 15.4. The van der Waals surface area contributed by atoms with Crippen molar-refractivity contribution in [3.05, 3.63) is 35.3 Å². The topological polar surface area (TPSA) is 48.4 Å². The molecule has 1 unspecified atom stereocenters. The van der Waals surface area contributed by atoms with Gasteiger partial charge in [-0.05, 0) is 35.6 Å². The van der Waals surface area contributed by atoms with Gasteiger partial charge in [0.05, 0.1) is 28.7 Å². The van der Waals surface area contributed by atoms with Crippen molar-refractivity contribution in [2.75, 3.05) is 30.4 Å². The third kappa shape index (κ3) is 3.39. The van der Waals surface area contributed by atoms with Gasteiger partial charge in [0.2, 0.25) is 0 Å². The van der Waals surface area contributed by atoms with Crippen molar-refractivity contribution in [1.29, 1.82) is 0 Å². The van der Waals surface area contributed by atoms with Gasteiger partial charge in [-0.1, -0.05) is 6.92 Å². The number of hydrogen-bond acceptors (Lipinski definition) is 6. The fourth-order valence-corrected chi connectivity index (χ4v) is 5.21. The molecule has 22 heavy (non-hydrogen) atoms. The molecule has 0 saturated carbocycles. The number of thioether (sulfide) groups is 1. The highest BCUT2D eigenvalue weighted by molar-refractivity contribution is 8.01. The van der Waals surface area contributed by atoms with E-state index in [0.717, 1.165) is 17.9 Å². The Morgan fingerprint density at radius 1 is 1.41 bits per heavy atom. The molecule has 0 radical (unpaired) electrons. The molecule has 0 aliphatic carbocycles. The highest BCUT2D eigenvalue weighted by Gasteiger charge is 2.26. The number of nitrogens with one attached hydrogen (secondary N) is 1. The molecule has 1 aliphatic heterocycles. The van der Waals surface area contributed by atoms with Crippen LogP contribution in [0.15, 0.2) is 34.0 Å². The van der Waals surface area contributed by atoms with Crippen LogP contribution >= 0.6 is 23.1 Å². The smallest absolute Gasteiger partial charge is 0.126 e. The summed E-state index contributed by atoms with van der Waals surface area (Å²) >= 11 is 3.80. The minimum Gasteiger partial charge on any atom is -0.395 e. The quantitative estimate of drug-likeness (QED) is 0.874. The predicted octanol–water partition coefficient (Wildman–Crippen LogP) is 3.61. The molecule has 3 rings (SSSR count). The Labute approximate surface area is 139 Å². The lowest BCUT2D eigenvalue weighted by Gasteiger charge is -2.28. The number of aromatic nitrogens is 1. The molecule has 2 aromatic rings. The molecule has 0 fully saturated rings. The van der Waals surface area contributed by atoms with Crippen LogP contribution in [0.2, 0.25) is 0 Å². The Kier molecular flexibility index (Phi) is 4.90. The van der Waals surface area contributed by atoms with Gasteiger partial charge in [0, 0.05) is 18.8 Å². The van der Waals surface area contributed by atoms with Crippen molar-refractivity contribution in [3.8, 4) is 0 Å². The first-order chi connectivity index (χ1) is 10.7. The Bertz CT molecular complexity index is 614. The monoisotopic (exact) mass is 335 g/mol. The summed E-state index contributed by atoms with van der Waals surface area (Å²) in [6, 6.07) is 6.62. The summed E-state index contributed by atoms with van der Waals surface area (Å²) in [6.07, 6.45) is 2.97. The molecule has 1 aliphatic rings. The molecule has 118 valence electrons. The van der Waals surface area contributed by atoms with E-state index in [1.807, 2.05) is 53.4 Å². The Morgan fingerprint density at radius 2 is 2.27 bits per heavy atom. The first-order valence-corrected chi connectivity index (χ1v) is 9.22. The molecular weight excluding hydrogens is 314 g/mol. The molecule has 2 N–H and O–H groups in total. The fourth-order valence-electron chi connectivity index (χ4n) is 2.64. The number of thiophene rings is 1. The second-order valence-electron chi connectivity index (χ2n) is 5.57. The summed E-state index contributed by atoms with van der Waals surface area (Å²) in [6.45, 7) is 3.04. The van der Waals surface area contributed by atoms with E-state index in [9.17, 15) is 0 Å². The first kappa shape index (κ1) is 15.6. The summed E-state index contributed by atoms with van der Waals surface area (Å²) in [5.74, 6) is 0.905. The summed E-state index contributed by atoms with van der Waals surface area (Å²) in [5.41, 5.74) is 2.42. The maximum atomic E-state index is 8.99. The molecule has 6 heteroatoms. The maximum absolute atomic E-state index is 8.99. The van der Waals surface area contributed by atoms with Crippen molar-refractivity contribution in [2.45, 2.75) is 28.8 Å². The molecule has 0 bridgehead atoms. The largest absolute Gasteiger partial charge is 0.395 e. The minimum atomic E-state index is 0.148. The number of fused-ring (bicyclic) bond motifs is 1. The van der Waals surface area contributed by atoms with Crippen LogP contribution in [0, 0.1) is 0 Å². The lowest BCUT2D eigenvalue weighted by molar-refractivity contribution is 0.304. The molecule has 0 spiro atoms. The second-order valence-corrected chi connectivity index (χ2v) is 8.19. The number of anilines is 2.